The van der Waals surface area contributed by atoms with Gasteiger partial charge >= 0.3 is 7.69 Å². The van der Waals surface area contributed by atoms with E-state index in [0.717, 1.165) is 26.1 Å². The van der Waals surface area contributed by atoms with Crippen molar-refractivity contribution in [1.82, 2.24) is 0 Å². The molecule has 0 aromatic rings. The first-order chi connectivity index (χ1) is 7.41. The van der Waals surface area contributed by atoms with Gasteiger partial charge in [0, 0.05) is 13.2 Å². The van der Waals surface area contributed by atoms with Crippen molar-refractivity contribution >= 4 is 7.69 Å². The van der Waals surface area contributed by atoms with E-state index in [9.17, 15) is 0 Å². The Kier molecular flexibility index (Phi) is 14.0. The summed E-state index contributed by atoms with van der Waals surface area (Å²) in [6, 6.07) is 0. The first-order valence-corrected chi connectivity index (χ1v) is 6.46. The lowest BCUT2D eigenvalue weighted by Gasteiger charge is -2.03. The van der Waals surface area contributed by atoms with Crippen LogP contribution in [0.4, 0.5) is 0 Å². The van der Waals surface area contributed by atoms with E-state index in [-0.39, 0.29) is 0 Å². The second-order valence-corrected chi connectivity index (χ2v) is 3.96. The first kappa shape index (κ1) is 15.0. The minimum absolute atomic E-state index is 0.801. The Morgan fingerprint density at radius 3 is 1.53 bits per heavy atom. The molecule has 0 heterocycles. The molecule has 0 spiro atoms. The van der Waals surface area contributed by atoms with Gasteiger partial charge in [-0.1, -0.05) is 52.4 Å². The lowest BCUT2D eigenvalue weighted by molar-refractivity contribution is 0.213. The molecule has 0 atom stereocenters. The van der Waals surface area contributed by atoms with Crippen LogP contribution in [0.25, 0.3) is 0 Å². The molecule has 0 bridgehead atoms. The summed E-state index contributed by atoms with van der Waals surface area (Å²) in [6.07, 6.45) is 9.98. The molecule has 0 unspecified atom stereocenters. The van der Waals surface area contributed by atoms with Crippen LogP contribution in [0.5, 0.6) is 0 Å². The highest BCUT2D eigenvalue weighted by molar-refractivity contribution is 6.17. The second kappa shape index (κ2) is 14.0. The summed E-state index contributed by atoms with van der Waals surface area (Å²) in [5.41, 5.74) is 0. The Labute approximate surface area is 96.0 Å². The van der Waals surface area contributed by atoms with Crippen molar-refractivity contribution in [3.8, 4) is 0 Å². The Morgan fingerprint density at radius 2 is 1.13 bits per heavy atom. The predicted octanol–water partition coefficient (Wildman–Crippen LogP) is 3.71. The van der Waals surface area contributed by atoms with Gasteiger partial charge in [0.15, 0.2) is 0 Å². The van der Waals surface area contributed by atoms with E-state index in [1.54, 1.807) is 0 Å². The van der Waals surface area contributed by atoms with E-state index in [1.807, 2.05) is 0 Å². The third kappa shape index (κ3) is 14.0. The van der Waals surface area contributed by atoms with Crippen molar-refractivity contribution in [2.45, 2.75) is 65.2 Å². The molecule has 0 aromatic carbocycles. The van der Waals surface area contributed by atoms with Gasteiger partial charge in [0.2, 0.25) is 0 Å². The van der Waals surface area contributed by atoms with Crippen LogP contribution in [-0.4, -0.2) is 20.9 Å². The van der Waals surface area contributed by atoms with Gasteiger partial charge in [-0.05, 0) is 12.8 Å². The molecule has 0 N–H and O–H groups in total. The van der Waals surface area contributed by atoms with Crippen molar-refractivity contribution in [1.29, 1.82) is 0 Å². The first-order valence-electron chi connectivity index (χ1n) is 6.46. The average Bonchev–Trinajstić information content (AvgIpc) is 2.26. The Morgan fingerprint density at radius 1 is 0.667 bits per heavy atom. The molecule has 0 rings (SSSR count). The molecule has 0 amide bonds. The van der Waals surface area contributed by atoms with Crippen molar-refractivity contribution in [3.63, 3.8) is 0 Å². The SMILES string of the molecule is CCCCCCO[B]OCCCCCC. The van der Waals surface area contributed by atoms with E-state index < -0.39 is 0 Å². The molecule has 1 radical (unpaired) electrons. The van der Waals surface area contributed by atoms with Crippen molar-refractivity contribution in [3.05, 3.63) is 0 Å². The highest BCUT2D eigenvalue weighted by Crippen LogP contribution is 2.00. The van der Waals surface area contributed by atoms with Gasteiger partial charge in [-0.15, -0.1) is 0 Å². The molecule has 0 saturated carbocycles. The largest absolute Gasteiger partial charge is 0.487 e. The van der Waals surface area contributed by atoms with E-state index in [1.165, 1.54) is 46.2 Å². The number of hydrogen-bond acceptors (Lipinski definition) is 2. The maximum Gasteiger partial charge on any atom is 0.487 e. The molecule has 0 aliphatic heterocycles. The summed E-state index contributed by atoms with van der Waals surface area (Å²) in [6.45, 7) is 6.03. The molecule has 3 heteroatoms. The number of unbranched alkanes of at least 4 members (excludes halogenated alkanes) is 6. The van der Waals surface area contributed by atoms with E-state index in [2.05, 4.69) is 13.8 Å². The monoisotopic (exact) mass is 213 g/mol. The zero-order chi connectivity index (χ0) is 11.2. The minimum Gasteiger partial charge on any atom is -0.413 e. The van der Waals surface area contributed by atoms with Crippen LogP contribution < -0.4 is 0 Å². The van der Waals surface area contributed by atoms with E-state index in [4.69, 9.17) is 9.31 Å². The van der Waals surface area contributed by atoms with Gasteiger partial charge in [-0.25, -0.2) is 0 Å². The fraction of sp³-hybridized carbons (Fsp3) is 1.00. The highest BCUT2D eigenvalue weighted by atomic mass is 16.6. The summed E-state index contributed by atoms with van der Waals surface area (Å²) in [5, 5.41) is 0. The molecule has 0 fully saturated rings. The van der Waals surface area contributed by atoms with Crippen LogP contribution in [0, 0.1) is 0 Å². The van der Waals surface area contributed by atoms with Gasteiger partial charge in [-0.3, -0.25) is 0 Å². The van der Waals surface area contributed by atoms with Gasteiger partial charge in [0.05, 0.1) is 0 Å². The molecule has 0 aliphatic rings. The fourth-order valence-corrected chi connectivity index (χ4v) is 1.37. The normalized spacial score (nSPS) is 10.5. The molecule has 0 aromatic heterocycles. The molecule has 89 valence electrons. The van der Waals surface area contributed by atoms with E-state index >= 15 is 0 Å². The molecule has 2 nitrogen and oxygen atoms in total. The number of hydrogen-bond donors (Lipinski definition) is 0. The quantitative estimate of drug-likeness (QED) is 0.363. The third-order valence-electron chi connectivity index (χ3n) is 2.37. The van der Waals surface area contributed by atoms with Gasteiger partial charge < -0.3 is 9.31 Å². The average molecular weight is 213 g/mol. The lowest BCUT2D eigenvalue weighted by atomic mass is 10.2. The lowest BCUT2D eigenvalue weighted by Crippen LogP contribution is -2.07. The summed E-state index contributed by atoms with van der Waals surface area (Å²) in [5.74, 6) is 0. The van der Waals surface area contributed by atoms with Crippen molar-refractivity contribution < 1.29 is 9.31 Å². The van der Waals surface area contributed by atoms with Crippen molar-refractivity contribution in [2.75, 3.05) is 13.2 Å². The second-order valence-electron chi connectivity index (χ2n) is 3.96. The topological polar surface area (TPSA) is 18.5 Å². The Balaban J connectivity index is 2.81. The summed E-state index contributed by atoms with van der Waals surface area (Å²) in [7, 11) is 1.51. The Hall–Kier alpha value is -0.0151. The van der Waals surface area contributed by atoms with Crippen LogP contribution in [0.2, 0.25) is 0 Å². The number of rotatable bonds is 12. The predicted molar refractivity (Wildman–Crippen MR) is 65.9 cm³/mol. The fourth-order valence-electron chi connectivity index (χ4n) is 1.37. The van der Waals surface area contributed by atoms with Crippen LogP contribution in [0.15, 0.2) is 0 Å². The molecular formula is C12H26BO2. The van der Waals surface area contributed by atoms with Crippen molar-refractivity contribution in [2.24, 2.45) is 0 Å². The maximum atomic E-state index is 5.24. The van der Waals surface area contributed by atoms with Crippen LogP contribution in [0.3, 0.4) is 0 Å². The zero-order valence-corrected chi connectivity index (χ0v) is 10.5. The summed E-state index contributed by atoms with van der Waals surface area (Å²) < 4.78 is 10.5. The smallest absolute Gasteiger partial charge is 0.413 e. The standard InChI is InChI=1S/C12H26BO2/c1-3-5-7-9-11-14-13-15-12-10-8-6-4-2/h3-12H2,1-2H3. The maximum absolute atomic E-state index is 5.24. The molecule has 0 saturated heterocycles. The molecule has 0 aliphatic carbocycles. The minimum atomic E-state index is 0.801. The molecule has 15 heavy (non-hydrogen) atoms. The summed E-state index contributed by atoms with van der Waals surface area (Å²) in [4.78, 5) is 0. The van der Waals surface area contributed by atoms with E-state index in [0.29, 0.717) is 0 Å². The molecular weight excluding hydrogens is 187 g/mol. The van der Waals surface area contributed by atoms with Gasteiger partial charge in [-0.2, -0.15) is 0 Å². The Bertz CT molecular complexity index is 97.8. The zero-order valence-electron chi connectivity index (χ0n) is 10.5. The van der Waals surface area contributed by atoms with Crippen LogP contribution in [-0.2, 0) is 9.31 Å². The summed E-state index contributed by atoms with van der Waals surface area (Å²) >= 11 is 0. The van der Waals surface area contributed by atoms with Crippen LogP contribution in [0.1, 0.15) is 65.2 Å². The van der Waals surface area contributed by atoms with Gasteiger partial charge in [0.25, 0.3) is 0 Å². The van der Waals surface area contributed by atoms with Crippen LogP contribution >= 0.6 is 0 Å². The highest BCUT2D eigenvalue weighted by Gasteiger charge is 1.94. The van der Waals surface area contributed by atoms with Gasteiger partial charge in [0.1, 0.15) is 0 Å². The third-order valence-corrected chi connectivity index (χ3v) is 2.37.